The maximum atomic E-state index is 8.94. The van der Waals surface area contributed by atoms with Crippen molar-refractivity contribution in [3.8, 4) is 0 Å². The van der Waals surface area contributed by atoms with E-state index in [0.717, 1.165) is 25.9 Å². The van der Waals surface area contributed by atoms with Crippen molar-refractivity contribution in [3.05, 3.63) is 0 Å². The second-order valence-electron chi connectivity index (χ2n) is 3.44. The lowest BCUT2D eigenvalue weighted by molar-refractivity contribution is 0.202. The molecule has 58 valence electrons. The van der Waals surface area contributed by atoms with Crippen LogP contribution in [0.3, 0.4) is 0 Å². The molecular formula is C7H14N2O. The van der Waals surface area contributed by atoms with Crippen LogP contribution < -0.4 is 10.6 Å². The monoisotopic (exact) mass is 142 g/mol. The normalized spacial score (nSPS) is 29.7. The van der Waals surface area contributed by atoms with Crippen LogP contribution >= 0.6 is 0 Å². The maximum absolute atomic E-state index is 8.94. The Morgan fingerprint density at radius 1 is 1.50 bits per heavy atom. The zero-order valence-corrected chi connectivity index (χ0v) is 6.06. The van der Waals surface area contributed by atoms with Gasteiger partial charge in [-0.25, -0.2) is 0 Å². The van der Waals surface area contributed by atoms with E-state index in [2.05, 4.69) is 10.6 Å². The predicted molar refractivity (Wildman–Crippen MR) is 38.8 cm³/mol. The average Bonchev–Trinajstić information content (AvgIpc) is 2.60. The zero-order chi connectivity index (χ0) is 7.03. The van der Waals surface area contributed by atoms with Gasteiger partial charge in [0.25, 0.3) is 0 Å². The highest BCUT2D eigenvalue weighted by atomic mass is 16.3. The number of hydrogen-bond donors (Lipinski definition) is 3. The molecule has 0 radical (unpaired) electrons. The quantitative estimate of drug-likeness (QED) is 0.477. The van der Waals surface area contributed by atoms with Crippen LogP contribution in [0.1, 0.15) is 12.8 Å². The van der Waals surface area contributed by atoms with E-state index in [4.69, 9.17) is 5.11 Å². The minimum absolute atomic E-state index is 0.132. The third kappa shape index (κ3) is 1.05. The molecule has 0 aromatic rings. The Bertz CT molecular complexity index is 130. The largest absolute Gasteiger partial charge is 0.394 e. The average molecular weight is 142 g/mol. The summed E-state index contributed by atoms with van der Waals surface area (Å²) in [7, 11) is 0. The lowest BCUT2D eigenvalue weighted by Gasteiger charge is -2.31. The molecule has 3 heteroatoms. The zero-order valence-electron chi connectivity index (χ0n) is 6.06. The molecule has 0 aromatic heterocycles. The molecule has 3 nitrogen and oxygen atoms in total. The van der Waals surface area contributed by atoms with Gasteiger partial charge in [0.1, 0.15) is 0 Å². The van der Waals surface area contributed by atoms with Crippen molar-refractivity contribution in [2.45, 2.75) is 24.4 Å². The van der Waals surface area contributed by atoms with Crippen molar-refractivity contribution in [2.75, 3.05) is 19.7 Å². The van der Waals surface area contributed by atoms with Gasteiger partial charge >= 0.3 is 0 Å². The molecule has 0 amide bonds. The molecule has 0 spiro atoms. The number of aliphatic hydroxyl groups excluding tert-OH is 1. The molecule has 0 aromatic carbocycles. The number of nitrogens with one attached hydrogen (secondary N) is 2. The van der Waals surface area contributed by atoms with Gasteiger partial charge in [0.05, 0.1) is 6.61 Å². The highest BCUT2D eigenvalue weighted by Gasteiger charge is 2.43. The first kappa shape index (κ1) is 6.58. The van der Waals surface area contributed by atoms with E-state index in [1.807, 2.05) is 0 Å². The van der Waals surface area contributed by atoms with Crippen LogP contribution in [0.5, 0.6) is 0 Å². The van der Waals surface area contributed by atoms with Gasteiger partial charge in [0.2, 0.25) is 0 Å². The Hall–Kier alpha value is -0.120. The number of hydrogen-bond acceptors (Lipinski definition) is 3. The molecule has 0 unspecified atom stereocenters. The molecule has 2 aliphatic rings. The van der Waals surface area contributed by atoms with Crippen molar-refractivity contribution in [1.82, 2.24) is 10.6 Å². The van der Waals surface area contributed by atoms with Crippen LogP contribution in [0.15, 0.2) is 0 Å². The van der Waals surface area contributed by atoms with Crippen LogP contribution in [0.4, 0.5) is 0 Å². The van der Waals surface area contributed by atoms with E-state index in [1.54, 1.807) is 0 Å². The molecule has 0 bridgehead atoms. The molecule has 3 N–H and O–H groups in total. The molecule has 2 fully saturated rings. The minimum atomic E-state index is 0.132. The lowest BCUT2D eigenvalue weighted by Crippen LogP contribution is -2.59. The van der Waals surface area contributed by atoms with Gasteiger partial charge < -0.3 is 15.7 Å². The highest BCUT2D eigenvalue weighted by Crippen LogP contribution is 2.35. The van der Waals surface area contributed by atoms with Crippen molar-refractivity contribution in [2.24, 2.45) is 0 Å². The Morgan fingerprint density at radius 3 is 2.50 bits per heavy atom. The second-order valence-corrected chi connectivity index (χ2v) is 3.44. The first-order chi connectivity index (χ1) is 4.85. The van der Waals surface area contributed by atoms with Gasteiger partial charge in [-0.2, -0.15) is 0 Å². The van der Waals surface area contributed by atoms with Gasteiger partial charge in [-0.3, -0.25) is 0 Å². The summed E-state index contributed by atoms with van der Waals surface area (Å²) in [5.74, 6) is 0. The smallest absolute Gasteiger partial charge is 0.0613 e. The summed E-state index contributed by atoms with van der Waals surface area (Å²) in [5.41, 5.74) is 0.132. The number of aliphatic hydroxyl groups is 1. The fraction of sp³-hybridized carbons (Fsp3) is 1.00. The predicted octanol–water partition coefficient (Wildman–Crippen LogP) is -0.927. The molecule has 1 aliphatic heterocycles. The third-order valence-electron chi connectivity index (χ3n) is 2.45. The fourth-order valence-corrected chi connectivity index (χ4v) is 1.32. The summed E-state index contributed by atoms with van der Waals surface area (Å²) in [6, 6.07) is 0.620. The summed E-state index contributed by atoms with van der Waals surface area (Å²) in [6.45, 7) is 2.45. The van der Waals surface area contributed by atoms with Crippen LogP contribution in [0, 0.1) is 0 Å². The fourth-order valence-electron chi connectivity index (χ4n) is 1.32. The van der Waals surface area contributed by atoms with E-state index < -0.39 is 0 Å². The SMILES string of the molecule is OCC1(NC2CNC2)CC1. The summed E-state index contributed by atoms with van der Waals surface area (Å²) >= 11 is 0. The number of rotatable bonds is 3. The molecule has 1 saturated carbocycles. The Labute approximate surface area is 60.8 Å². The standard InChI is InChI=1S/C7H14N2O/c10-5-7(1-2-7)9-6-3-8-4-6/h6,8-10H,1-5H2. The summed E-state index contributed by atoms with van der Waals surface area (Å²) in [5, 5.41) is 15.6. The Kier molecular flexibility index (Phi) is 1.44. The second kappa shape index (κ2) is 2.19. The minimum Gasteiger partial charge on any atom is -0.394 e. The van der Waals surface area contributed by atoms with Crippen LogP contribution in [-0.2, 0) is 0 Å². The van der Waals surface area contributed by atoms with Crippen LogP contribution in [0.25, 0.3) is 0 Å². The van der Waals surface area contributed by atoms with Crippen molar-refractivity contribution >= 4 is 0 Å². The van der Waals surface area contributed by atoms with Crippen molar-refractivity contribution in [3.63, 3.8) is 0 Å². The summed E-state index contributed by atoms with van der Waals surface area (Å²) in [6.07, 6.45) is 2.31. The molecule has 2 rings (SSSR count). The van der Waals surface area contributed by atoms with Crippen molar-refractivity contribution < 1.29 is 5.11 Å². The lowest BCUT2D eigenvalue weighted by atomic mass is 10.1. The van der Waals surface area contributed by atoms with Crippen LogP contribution in [-0.4, -0.2) is 36.4 Å². The third-order valence-corrected chi connectivity index (χ3v) is 2.45. The van der Waals surface area contributed by atoms with E-state index in [1.165, 1.54) is 0 Å². The van der Waals surface area contributed by atoms with E-state index in [-0.39, 0.29) is 5.54 Å². The van der Waals surface area contributed by atoms with Crippen LogP contribution in [0.2, 0.25) is 0 Å². The van der Waals surface area contributed by atoms with Gasteiger partial charge in [-0.05, 0) is 12.8 Å². The molecule has 1 saturated heterocycles. The highest BCUT2D eigenvalue weighted by molar-refractivity contribution is 5.05. The van der Waals surface area contributed by atoms with E-state index in [0.29, 0.717) is 12.6 Å². The van der Waals surface area contributed by atoms with E-state index in [9.17, 15) is 0 Å². The molecule has 10 heavy (non-hydrogen) atoms. The first-order valence-corrected chi connectivity index (χ1v) is 3.94. The summed E-state index contributed by atoms with van der Waals surface area (Å²) < 4.78 is 0. The Balaban J connectivity index is 1.77. The van der Waals surface area contributed by atoms with Gasteiger partial charge in [0.15, 0.2) is 0 Å². The maximum Gasteiger partial charge on any atom is 0.0613 e. The summed E-state index contributed by atoms with van der Waals surface area (Å²) in [4.78, 5) is 0. The topological polar surface area (TPSA) is 44.3 Å². The van der Waals surface area contributed by atoms with Gasteiger partial charge in [-0.1, -0.05) is 0 Å². The molecule has 1 aliphatic carbocycles. The molecular weight excluding hydrogens is 128 g/mol. The molecule has 1 heterocycles. The first-order valence-electron chi connectivity index (χ1n) is 3.94. The Morgan fingerprint density at radius 2 is 2.20 bits per heavy atom. The van der Waals surface area contributed by atoms with E-state index >= 15 is 0 Å². The van der Waals surface area contributed by atoms with Gasteiger partial charge in [-0.15, -0.1) is 0 Å². The van der Waals surface area contributed by atoms with Gasteiger partial charge in [0, 0.05) is 24.7 Å². The molecule has 0 atom stereocenters. The van der Waals surface area contributed by atoms with Crippen molar-refractivity contribution in [1.29, 1.82) is 0 Å².